The van der Waals surface area contributed by atoms with Gasteiger partial charge in [-0.1, -0.05) is 24.3 Å². The Morgan fingerprint density at radius 2 is 2.21 bits per heavy atom. The maximum Gasteiger partial charge on any atom is 0.326 e. The predicted molar refractivity (Wildman–Crippen MR) is 57.4 cm³/mol. The summed E-state index contributed by atoms with van der Waals surface area (Å²) in [5.74, 6) is 0. The Bertz CT molecular complexity index is 533. The minimum absolute atomic E-state index is 0.0748. The van der Waals surface area contributed by atoms with Crippen molar-refractivity contribution in [1.82, 2.24) is 9.55 Å². The van der Waals surface area contributed by atoms with Gasteiger partial charge in [-0.25, -0.2) is 4.79 Å². The zero-order valence-electron chi connectivity index (χ0n) is 8.08. The smallest absolute Gasteiger partial charge is 0.306 e. The van der Waals surface area contributed by atoms with Crippen LogP contribution in [0.2, 0.25) is 0 Å². The van der Waals surface area contributed by atoms with E-state index < -0.39 is 0 Å². The van der Waals surface area contributed by atoms with Gasteiger partial charge in [-0.05, 0) is 19.1 Å². The molecular formula is C11H12N2O. The highest BCUT2D eigenvalue weighted by Gasteiger charge is 2.04. The van der Waals surface area contributed by atoms with Gasteiger partial charge in [0.1, 0.15) is 0 Å². The highest BCUT2D eigenvalue weighted by Crippen LogP contribution is 2.09. The Morgan fingerprint density at radius 3 is 2.93 bits per heavy atom. The number of hydrogen-bond donors (Lipinski definition) is 1. The Morgan fingerprint density at radius 1 is 1.50 bits per heavy atom. The first-order valence-electron chi connectivity index (χ1n) is 4.50. The van der Waals surface area contributed by atoms with Gasteiger partial charge in [-0.3, -0.25) is 4.57 Å². The van der Waals surface area contributed by atoms with E-state index in [4.69, 9.17) is 0 Å². The number of para-hydroxylation sites is 2. The average Bonchev–Trinajstić information content (AvgIpc) is 2.43. The van der Waals surface area contributed by atoms with E-state index in [1.807, 2.05) is 31.2 Å². The first kappa shape index (κ1) is 8.81. The van der Waals surface area contributed by atoms with E-state index in [0.717, 1.165) is 16.6 Å². The first-order valence-corrected chi connectivity index (χ1v) is 4.50. The van der Waals surface area contributed by atoms with Crippen molar-refractivity contribution in [1.29, 1.82) is 0 Å². The largest absolute Gasteiger partial charge is 0.326 e. The number of nitrogens with one attached hydrogen (secondary N) is 1. The molecule has 0 amide bonds. The lowest BCUT2D eigenvalue weighted by molar-refractivity contribution is 0.775. The molecule has 2 rings (SSSR count). The Balaban J connectivity index is 2.68. The van der Waals surface area contributed by atoms with Crippen LogP contribution in [0.1, 0.15) is 6.92 Å². The molecule has 0 saturated carbocycles. The van der Waals surface area contributed by atoms with Crippen LogP contribution in [0.3, 0.4) is 0 Å². The molecule has 0 aliphatic carbocycles. The van der Waals surface area contributed by atoms with E-state index in [2.05, 4.69) is 11.6 Å². The maximum atomic E-state index is 11.5. The van der Waals surface area contributed by atoms with Crippen LogP contribution in [0.5, 0.6) is 0 Å². The van der Waals surface area contributed by atoms with Crippen molar-refractivity contribution in [3.8, 4) is 0 Å². The number of nitrogens with zero attached hydrogens (tertiary/aromatic N) is 1. The van der Waals surface area contributed by atoms with Gasteiger partial charge in [-0.2, -0.15) is 0 Å². The van der Waals surface area contributed by atoms with Crippen molar-refractivity contribution < 1.29 is 0 Å². The van der Waals surface area contributed by atoms with Crippen molar-refractivity contribution in [3.63, 3.8) is 0 Å². The van der Waals surface area contributed by atoms with Crippen LogP contribution >= 0.6 is 0 Å². The highest BCUT2D eigenvalue weighted by molar-refractivity contribution is 5.74. The molecule has 72 valence electrons. The van der Waals surface area contributed by atoms with Crippen LogP contribution in [0.25, 0.3) is 11.0 Å². The Kier molecular flexibility index (Phi) is 2.00. The molecular weight excluding hydrogens is 176 g/mol. The molecule has 2 aromatic rings. The lowest BCUT2D eigenvalue weighted by atomic mass is 10.3. The summed E-state index contributed by atoms with van der Waals surface area (Å²) >= 11 is 0. The fraction of sp³-hybridized carbons (Fsp3) is 0.182. The molecule has 1 aromatic carbocycles. The van der Waals surface area contributed by atoms with E-state index in [9.17, 15) is 4.79 Å². The number of hydrogen-bond acceptors (Lipinski definition) is 1. The molecule has 0 radical (unpaired) electrons. The molecule has 0 unspecified atom stereocenters. The molecule has 0 fully saturated rings. The van der Waals surface area contributed by atoms with Crippen molar-refractivity contribution in [2.45, 2.75) is 13.5 Å². The summed E-state index contributed by atoms with van der Waals surface area (Å²) in [4.78, 5) is 14.3. The van der Waals surface area contributed by atoms with Gasteiger partial charge in [0.15, 0.2) is 0 Å². The summed E-state index contributed by atoms with van der Waals surface area (Å²) in [7, 11) is 0. The Labute approximate surface area is 81.7 Å². The fourth-order valence-electron chi connectivity index (χ4n) is 1.53. The second-order valence-corrected chi connectivity index (χ2v) is 3.49. The lowest BCUT2D eigenvalue weighted by Gasteiger charge is -2.01. The van der Waals surface area contributed by atoms with Gasteiger partial charge < -0.3 is 4.98 Å². The molecule has 3 nitrogen and oxygen atoms in total. The molecule has 0 saturated heterocycles. The number of aromatic nitrogens is 2. The topological polar surface area (TPSA) is 37.8 Å². The van der Waals surface area contributed by atoms with E-state index >= 15 is 0 Å². The third-order valence-corrected chi connectivity index (χ3v) is 2.11. The maximum absolute atomic E-state index is 11.5. The summed E-state index contributed by atoms with van der Waals surface area (Å²) < 4.78 is 1.69. The third-order valence-electron chi connectivity index (χ3n) is 2.11. The lowest BCUT2D eigenvalue weighted by Crippen LogP contribution is -2.16. The van der Waals surface area contributed by atoms with Crippen LogP contribution in [-0.2, 0) is 6.54 Å². The molecule has 0 aliphatic rings. The van der Waals surface area contributed by atoms with Gasteiger partial charge in [0.05, 0.1) is 11.0 Å². The van der Waals surface area contributed by atoms with Gasteiger partial charge >= 0.3 is 5.69 Å². The van der Waals surface area contributed by atoms with Gasteiger partial charge in [0.25, 0.3) is 0 Å². The summed E-state index contributed by atoms with van der Waals surface area (Å²) in [5.41, 5.74) is 2.70. The molecule has 1 N–H and O–H groups in total. The number of benzene rings is 1. The van der Waals surface area contributed by atoms with Crippen LogP contribution < -0.4 is 5.69 Å². The zero-order chi connectivity index (χ0) is 10.1. The van der Waals surface area contributed by atoms with Crippen LogP contribution in [0, 0.1) is 0 Å². The van der Waals surface area contributed by atoms with Crippen LogP contribution in [0.4, 0.5) is 0 Å². The molecule has 1 heterocycles. The van der Waals surface area contributed by atoms with Crippen molar-refractivity contribution in [3.05, 3.63) is 46.9 Å². The van der Waals surface area contributed by atoms with E-state index in [0.29, 0.717) is 6.54 Å². The van der Waals surface area contributed by atoms with Crippen LogP contribution in [-0.4, -0.2) is 9.55 Å². The standard InChI is InChI=1S/C11H12N2O/c1-8(2)7-13-10-6-4-3-5-9(10)12-11(13)14/h3-6H,1,7H2,2H3,(H,12,14). The number of H-pyrrole nitrogens is 1. The predicted octanol–water partition coefficient (Wildman–Crippen LogP) is 1.91. The minimum atomic E-state index is -0.0748. The van der Waals surface area contributed by atoms with E-state index in [-0.39, 0.29) is 5.69 Å². The quantitative estimate of drug-likeness (QED) is 0.718. The second kappa shape index (κ2) is 3.18. The van der Waals surface area contributed by atoms with Gasteiger partial charge in [-0.15, -0.1) is 0 Å². The summed E-state index contributed by atoms with van der Waals surface area (Å²) in [5, 5.41) is 0. The molecule has 3 heteroatoms. The first-order chi connectivity index (χ1) is 6.68. The molecule has 0 atom stereocenters. The fourth-order valence-corrected chi connectivity index (χ4v) is 1.53. The highest BCUT2D eigenvalue weighted by atomic mass is 16.1. The second-order valence-electron chi connectivity index (χ2n) is 3.49. The number of fused-ring (bicyclic) bond motifs is 1. The number of imidazole rings is 1. The molecule has 1 aromatic heterocycles. The zero-order valence-corrected chi connectivity index (χ0v) is 8.08. The summed E-state index contributed by atoms with van der Waals surface area (Å²) in [6, 6.07) is 7.65. The molecule has 0 spiro atoms. The number of aromatic amines is 1. The number of allylic oxidation sites excluding steroid dienone is 1. The summed E-state index contributed by atoms with van der Waals surface area (Å²) in [6.07, 6.45) is 0. The van der Waals surface area contributed by atoms with Gasteiger partial charge in [0, 0.05) is 6.54 Å². The van der Waals surface area contributed by atoms with Crippen LogP contribution in [0.15, 0.2) is 41.2 Å². The number of rotatable bonds is 2. The molecule has 14 heavy (non-hydrogen) atoms. The van der Waals surface area contributed by atoms with Gasteiger partial charge in [0.2, 0.25) is 0 Å². The normalized spacial score (nSPS) is 10.6. The molecule has 0 aliphatic heterocycles. The monoisotopic (exact) mass is 188 g/mol. The SMILES string of the molecule is C=C(C)Cn1c(=O)[nH]c2ccccc21. The van der Waals surface area contributed by atoms with Crippen molar-refractivity contribution >= 4 is 11.0 Å². The summed E-state index contributed by atoms with van der Waals surface area (Å²) in [6.45, 7) is 6.29. The average molecular weight is 188 g/mol. The Hall–Kier alpha value is -1.77. The van der Waals surface area contributed by atoms with Crippen molar-refractivity contribution in [2.24, 2.45) is 0 Å². The molecule has 0 bridgehead atoms. The van der Waals surface area contributed by atoms with Crippen molar-refractivity contribution in [2.75, 3.05) is 0 Å². The third kappa shape index (κ3) is 1.37. The van der Waals surface area contributed by atoms with E-state index in [1.165, 1.54) is 0 Å². The van der Waals surface area contributed by atoms with E-state index in [1.54, 1.807) is 4.57 Å². The minimum Gasteiger partial charge on any atom is -0.306 e.